The number of ether oxygens (including phenoxy) is 1. The van der Waals surface area contributed by atoms with Crippen LogP contribution in [-0.2, 0) is 4.74 Å². The number of nitrogens with zero attached hydrogens (tertiary/aromatic N) is 2. The van der Waals surface area contributed by atoms with Crippen molar-refractivity contribution in [3.63, 3.8) is 0 Å². The van der Waals surface area contributed by atoms with Gasteiger partial charge in [0.1, 0.15) is 5.15 Å². The third kappa shape index (κ3) is 2.27. The molecule has 1 aliphatic heterocycles. The van der Waals surface area contributed by atoms with Crippen LogP contribution in [0.5, 0.6) is 0 Å². The molecule has 0 aliphatic carbocycles. The minimum absolute atomic E-state index is 0.140. The minimum atomic E-state index is 0.140. The fourth-order valence-corrected chi connectivity index (χ4v) is 2.28. The summed E-state index contributed by atoms with van der Waals surface area (Å²) in [5, 5.41) is 8.10. The summed E-state index contributed by atoms with van der Waals surface area (Å²) < 4.78 is 7.41. The van der Waals surface area contributed by atoms with Crippen molar-refractivity contribution < 1.29 is 4.74 Å². The number of benzene rings is 1. The first-order valence-corrected chi connectivity index (χ1v) is 6.34. The topological polar surface area (TPSA) is 39.1 Å². The van der Waals surface area contributed by atoms with Gasteiger partial charge in [0.15, 0.2) is 0 Å². The normalized spacial score (nSPS) is 19.9. The van der Waals surface area contributed by atoms with Crippen LogP contribution in [-0.4, -0.2) is 29.5 Å². The van der Waals surface area contributed by atoms with Gasteiger partial charge in [-0.25, -0.2) is 4.68 Å². The second kappa shape index (κ2) is 5.10. The Morgan fingerprint density at radius 3 is 2.72 bits per heavy atom. The van der Waals surface area contributed by atoms with Gasteiger partial charge < -0.3 is 10.1 Å². The lowest BCUT2D eigenvalue weighted by molar-refractivity contribution is 0.0277. The molecule has 2 aromatic rings. The summed E-state index contributed by atoms with van der Waals surface area (Å²) in [5.41, 5.74) is 2.13. The van der Waals surface area contributed by atoms with Gasteiger partial charge in [-0.1, -0.05) is 23.7 Å². The van der Waals surface area contributed by atoms with Gasteiger partial charge in [0.2, 0.25) is 0 Å². The highest BCUT2D eigenvalue weighted by atomic mass is 35.5. The Morgan fingerprint density at radius 1 is 1.28 bits per heavy atom. The van der Waals surface area contributed by atoms with Crippen molar-refractivity contribution in [3.05, 3.63) is 47.2 Å². The molecule has 3 rings (SSSR count). The van der Waals surface area contributed by atoms with Crippen LogP contribution in [0.15, 0.2) is 36.5 Å². The van der Waals surface area contributed by atoms with E-state index in [9.17, 15) is 0 Å². The number of rotatable bonds is 2. The van der Waals surface area contributed by atoms with E-state index in [1.165, 1.54) is 5.56 Å². The SMILES string of the molecule is Clc1ccnn1-c1ccc(C2CNCCO2)cc1. The Hall–Kier alpha value is -1.36. The van der Waals surface area contributed by atoms with Crippen molar-refractivity contribution in [2.24, 2.45) is 0 Å². The first-order valence-electron chi connectivity index (χ1n) is 5.97. The van der Waals surface area contributed by atoms with Crippen molar-refractivity contribution in [2.75, 3.05) is 19.7 Å². The highest BCUT2D eigenvalue weighted by Crippen LogP contribution is 2.21. The van der Waals surface area contributed by atoms with E-state index >= 15 is 0 Å². The molecule has 94 valence electrons. The van der Waals surface area contributed by atoms with Gasteiger partial charge in [-0.2, -0.15) is 5.10 Å². The van der Waals surface area contributed by atoms with Gasteiger partial charge in [-0.15, -0.1) is 0 Å². The van der Waals surface area contributed by atoms with E-state index in [1.54, 1.807) is 16.9 Å². The molecule has 2 heterocycles. The lowest BCUT2D eigenvalue weighted by Gasteiger charge is -2.24. The molecule has 0 spiro atoms. The summed E-state index contributed by atoms with van der Waals surface area (Å²) in [6.07, 6.45) is 1.82. The quantitative estimate of drug-likeness (QED) is 0.903. The highest BCUT2D eigenvalue weighted by molar-refractivity contribution is 6.29. The van der Waals surface area contributed by atoms with Gasteiger partial charge in [0.25, 0.3) is 0 Å². The Balaban J connectivity index is 1.82. The zero-order valence-corrected chi connectivity index (χ0v) is 10.6. The van der Waals surface area contributed by atoms with E-state index in [4.69, 9.17) is 16.3 Å². The van der Waals surface area contributed by atoms with Crippen LogP contribution in [0.25, 0.3) is 5.69 Å². The van der Waals surface area contributed by atoms with E-state index < -0.39 is 0 Å². The number of hydrogen-bond acceptors (Lipinski definition) is 3. The molecule has 1 aromatic carbocycles. The summed E-state index contributed by atoms with van der Waals surface area (Å²) in [5.74, 6) is 0. The maximum absolute atomic E-state index is 6.03. The van der Waals surface area contributed by atoms with Gasteiger partial charge >= 0.3 is 0 Å². The van der Waals surface area contributed by atoms with Crippen molar-refractivity contribution >= 4 is 11.6 Å². The fraction of sp³-hybridized carbons (Fsp3) is 0.308. The maximum Gasteiger partial charge on any atom is 0.132 e. The minimum Gasteiger partial charge on any atom is -0.371 e. The molecule has 1 unspecified atom stereocenters. The Kier molecular flexibility index (Phi) is 3.32. The van der Waals surface area contributed by atoms with E-state index in [0.717, 1.165) is 25.4 Å². The molecular formula is C13H14ClN3O. The Morgan fingerprint density at radius 2 is 2.11 bits per heavy atom. The molecule has 1 saturated heterocycles. The van der Waals surface area contributed by atoms with Gasteiger partial charge in [-0.3, -0.25) is 0 Å². The largest absolute Gasteiger partial charge is 0.371 e. The van der Waals surface area contributed by atoms with Crippen LogP contribution < -0.4 is 5.32 Å². The van der Waals surface area contributed by atoms with Gasteiger partial charge in [0, 0.05) is 13.1 Å². The van der Waals surface area contributed by atoms with E-state index in [0.29, 0.717) is 5.15 Å². The summed E-state index contributed by atoms with van der Waals surface area (Å²) in [6.45, 7) is 2.55. The summed E-state index contributed by atoms with van der Waals surface area (Å²) >= 11 is 6.03. The smallest absolute Gasteiger partial charge is 0.132 e. The summed E-state index contributed by atoms with van der Waals surface area (Å²) in [7, 11) is 0. The standard InChI is InChI=1S/C13H14ClN3O/c14-13-5-6-16-17(13)11-3-1-10(2-4-11)12-9-15-7-8-18-12/h1-6,12,15H,7-9H2. The lowest BCUT2D eigenvalue weighted by atomic mass is 10.1. The highest BCUT2D eigenvalue weighted by Gasteiger charge is 2.15. The fourth-order valence-electron chi connectivity index (χ4n) is 2.09. The molecule has 1 N–H and O–H groups in total. The van der Waals surface area contributed by atoms with Crippen LogP contribution in [0.4, 0.5) is 0 Å². The molecule has 0 saturated carbocycles. The van der Waals surface area contributed by atoms with Crippen molar-refractivity contribution in [1.29, 1.82) is 0 Å². The predicted molar refractivity (Wildman–Crippen MR) is 70.1 cm³/mol. The number of aromatic nitrogens is 2. The zero-order chi connectivity index (χ0) is 12.4. The molecule has 1 fully saturated rings. The third-order valence-electron chi connectivity index (χ3n) is 3.03. The summed E-state index contributed by atoms with van der Waals surface area (Å²) in [6, 6.07) is 9.90. The molecule has 0 bridgehead atoms. The molecule has 1 atom stereocenters. The average Bonchev–Trinajstić information content (AvgIpc) is 2.86. The third-order valence-corrected chi connectivity index (χ3v) is 3.32. The van der Waals surface area contributed by atoms with E-state index in [1.807, 2.05) is 12.1 Å². The predicted octanol–water partition coefficient (Wildman–Crippen LogP) is 2.19. The Bertz CT molecular complexity index is 517. The average molecular weight is 264 g/mol. The molecule has 4 nitrogen and oxygen atoms in total. The monoisotopic (exact) mass is 263 g/mol. The second-order valence-electron chi connectivity index (χ2n) is 4.22. The summed E-state index contributed by atoms with van der Waals surface area (Å²) in [4.78, 5) is 0. The van der Waals surface area contributed by atoms with Crippen LogP contribution in [0.3, 0.4) is 0 Å². The first-order chi connectivity index (χ1) is 8.84. The Labute approximate surface area is 111 Å². The lowest BCUT2D eigenvalue weighted by Crippen LogP contribution is -2.33. The number of hydrogen-bond donors (Lipinski definition) is 1. The van der Waals surface area contributed by atoms with Crippen molar-refractivity contribution in [1.82, 2.24) is 15.1 Å². The van der Waals surface area contributed by atoms with Crippen LogP contribution in [0, 0.1) is 0 Å². The first kappa shape index (κ1) is 11.7. The zero-order valence-electron chi connectivity index (χ0n) is 9.84. The van der Waals surface area contributed by atoms with Crippen molar-refractivity contribution in [2.45, 2.75) is 6.10 Å². The second-order valence-corrected chi connectivity index (χ2v) is 4.61. The molecular weight excluding hydrogens is 250 g/mol. The molecule has 5 heteroatoms. The van der Waals surface area contributed by atoms with Crippen molar-refractivity contribution in [3.8, 4) is 5.69 Å². The molecule has 1 aromatic heterocycles. The molecule has 1 aliphatic rings. The van der Waals surface area contributed by atoms with E-state index in [2.05, 4.69) is 22.5 Å². The van der Waals surface area contributed by atoms with Crippen LogP contribution in [0.1, 0.15) is 11.7 Å². The molecule has 0 radical (unpaired) electrons. The number of morpholine rings is 1. The van der Waals surface area contributed by atoms with Crippen LogP contribution in [0.2, 0.25) is 5.15 Å². The molecule has 0 amide bonds. The van der Waals surface area contributed by atoms with Gasteiger partial charge in [0.05, 0.1) is 24.6 Å². The number of nitrogens with one attached hydrogen (secondary N) is 1. The number of halogens is 1. The van der Waals surface area contributed by atoms with Gasteiger partial charge in [-0.05, 0) is 23.8 Å². The van der Waals surface area contributed by atoms with E-state index in [-0.39, 0.29) is 6.10 Å². The van der Waals surface area contributed by atoms with Crippen LogP contribution >= 0.6 is 11.6 Å². The maximum atomic E-state index is 6.03. The molecule has 18 heavy (non-hydrogen) atoms.